The van der Waals surface area contributed by atoms with Crippen LogP contribution < -0.4 is 0 Å². The highest BCUT2D eigenvalue weighted by Crippen LogP contribution is 2.43. The summed E-state index contributed by atoms with van der Waals surface area (Å²) in [5, 5.41) is -1.24. The van der Waals surface area contributed by atoms with Crippen molar-refractivity contribution < 1.29 is 31.8 Å². The van der Waals surface area contributed by atoms with Crippen LogP contribution in [0.2, 0.25) is 0 Å². The SMILES string of the molecule is [2H]c1ccc(-c2ccccc2-n2c3c([2H])c([2H])c([2H])c([2H])c3c3c([2H])c(-c4c([2H])c([2H])c5c(c4[2H])c4c([2H])c([2H])c([2H])c([2H])c4n5-c4c([2H])cc([2H])c5oc6c([2H])cc([2H])c(-c7ccccc7)c6c45)c([2H])c([2H])c32)cc1[2H]. The maximum atomic E-state index is 10.1. The Labute approximate surface area is 357 Å². The number of fused-ring (bicyclic) bond motifs is 9. The lowest BCUT2D eigenvalue weighted by atomic mass is 9.98. The monoisotopic (exact) mass is 746 g/mol. The van der Waals surface area contributed by atoms with Gasteiger partial charge < -0.3 is 13.6 Å². The van der Waals surface area contributed by atoms with Crippen molar-refractivity contribution in [3.8, 4) is 44.8 Å². The Morgan fingerprint density at radius 3 is 1.65 bits per heavy atom. The summed E-state index contributed by atoms with van der Waals surface area (Å²) in [4.78, 5) is 0. The molecule has 0 spiro atoms. The van der Waals surface area contributed by atoms with Crippen LogP contribution in [-0.4, -0.2) is 9.13 Å². The highest BCUT2D eigenvalue weighted by atomic mass is 16.3. The van der Waals surface area contributed by atoms with E-state index in [1.165, 1.54) is 22.8 Å². The van der Waals surface area contributed by atoms with Crippen LogP contribution in [-0.2, 0) is 0 Å². The highest BCUT2D eigenvalue weighted by Gasteiger charge is 2.21. The summed E-state index contributed by atoms with van der Waals surface area (Å²) in [6.45, 7) is 0. The lowest BCUT2D eigenvalue weighted by Gasteiger charge is -2.14. The van der Waals surface area contributed by atoms with Crippen LogP contribution in [0.15, 0.2) is 210 Å². The van der Waals surface area contributed by atoms with Gasteiger partial charge in [0.25, 0.3) is 0 Å². The highest BCUT2D eigenvalue weighted by molar-refractivity contribution is 6.18. The van der Waals surface area contributed by atoms with Crippen LogP contribution in [0.5, 0.6) is 0 Å². The van der Waals surface area contributed by atoms with Crippen LogP contribution in [0.4, 0.5) is 0 Å². The molecule has 0 aliphatic carbocycles. The Morgan fingerprint density at radius 2 is 0.930 bits per heavy atom. The van der Waals surface area contributed by atoms with E-state index in [1.54, 1.807) is 60.7 Å². The standard InChI is InChI=1S/C54H34N2O/c1-3-15-35(16-4-1)39-19-7-10-23-45(39)55-46-24-11-8-20-41(46)43-33-37(29-31-48(43)55)38-30-32-49-44(34-38)42-21-9-12-25-47(42)56(49)50-26-14-28-52-54(50)53-40(22-13-27-51(53)57-52)36-17-5-2-6-18-36/h1-34H/i1D,3D,8D,9D,11D,12D,20D,21D,22D,24D,25D,26D,27D,28D,29D,30D,31D,32D,33D,34D. The van der Waals surface area contributed by atoms with Crippen molar-refractivity contribution in [1.29, 1.82) is 0 Å². The zero-order valence-corrected chi connectivity index (χ0v) is 29.4. The quantitative estimate of drug-likeness (QED) is 0.172. The van der Waals surface area contributed by atoms with Gasteiger partial charge in [-0.1, -0.05) is 145 Å². The van der Waals surface area contributed by atoms with Gasteiger partial charge in [0.2, 0.25) is 0 Å². The molecule has 0 fully saturated rings. The minimum Gasteiger partial charge on any atom is -0.456 e. The second-order valence-electron chi connectivity index (χ2n) is 13.3. The molecule has 0 saturated heterocycles. The number of hydrogen-bond acceptors (Lipinski definition) is 1. The first-order valence-electron chi connectivity index (χ1n) is 27.9. The summed E-state index contributed by atoms with van der Waals surface area (Å²) in [7, 11) is 0. The van der Waals surface area contributed by atoms with Gasteiger partial charge in [0.05, 0.1) is 66.2 Å². The summed E-state index contributed by atoms with van der Waals surface area (Å²) in [6.07, 6.45) is 0. The number of nitrogens with zero attached hydrogens (tertiary/aromatic N) is 2. The van der Waals surface area contributed by atoms with Gasteiger partial charge in [-0.2, -0.15) is 0 Å². The van der Waals surface area contributed by atoms with Crippen molar-refractivity contribution in [2.24, 2.45) is 0 Å². The van der Waals surface area contributed by atoms with E-state index in [9.17, 15) is 15.1 Å². The summed E-state index contributed by atoms with van der Waals surface area (Å²) < 4.78 is 194. The van der Waals surface area contributed by atoms with Gasteiger partial charge in [-0.25, -0.2) is 0 Å². The lowest BCUT2D eigenvalue weighted by molar-refractivity contribution is 0.669. The molecule has 3 nitrogen and oxygen atoms in total. The Kier molecular flexibility index (Phi) is 3.91. The number of benzene rings is 9. The third-order valence-corrected chi connectivity index (χ3v) is 10.2. The first-order valence-corrected chi connectivity index (χ1v) is 17.9. The van der Waals surface area contributed by atoms with Crippen molar-refractivity contribution in [3.05, 3.63) is 206 Å². The number of furan rings is 1. The summed E-state index contributed by atoms with van der Waals surface area (Å²) in [5.74, 6) is 0. The van der Waals surface area contributed by atoms with Gasteiger partial charge >= 0.3 is 0 Å². The van der Waals surface area contributed by atoms with Crippen molar-refractivity contribution in [3.63, 3.8) is 0 Å². The molecule has 0 saturated carbocycles. The van der Waals surface area contributed by atoms with E-state index in [2.05, 4.69) is 0 Å². The van der Waals surface area contributed by atoms with E-state index in [4.69, 9.17) is 16.8 Å². The largest absolute Gasteiger partial charge is 0.456 e. The molecule has 0 aliphatic heterocycles. The van der Waals surface area contributed by atoms with Crippen LogP contribution >= 0.6 is 0 Å². The second kappa shape index (κ2) is 12.5. The first-order chi connectivity index (χ1) is 36.6. The van der Waals surface area contributed by atoms with E-state index in [0.717, 1.165) is 10.6 Å². The summed E-state index contributed by atoms with van der Waals surface area (Å²) >= 11 is 0. The van der Waals surface area contributed by atoms with Gasteiger partial charge in [-0.05, 0) is 88.3 Å². The van der Waals surface area contributed by atoms with Gasteiger partial charge in [-0.3, -0.25) is 0 Å². The molecule has 266 valence electrons. The minimum atomic E-state index is -0.827. The molecule has 0 aliphatic rings. The van der Waals surface area contributed by atoms with Gasteiger partial charge in [0.15, 0.2) is 0 Å². The lowest BCUT2D eigenvalue weighted by Crippen LogP contribution is -1.97. The molecular weight excluding hydrogens is 693 g/mol. The van der Waals surface area contributed by atoms with Gasteiger partial charge in [0.1, 0.15) is 11.2 Å². The molecule has 0 radical (unpaired) electrons. The predicted molar refractivity (Wildman–Crippen MR) is 239 cm³/mol. The fraction of sp³-hybridized carbons (Fsp3) is 0. The smallest absolute Gasteiger partial charge is 0.137 e. The molecule has 12 aromatic rings. The van der Waals surface area contributed by atoms with Crippen LogP contribution in [0.3, 0.4) is 0 Å². The van der Waals surface area contributed by atoms with Crippen molar-refractivity contribution >= 4 is 65.6 Å². The second-order valence-corrected chi connectivity index (χ2v) is 13.3. The summed E-state index contributed by atoms with van der Waals surface area (Å²) in [6, 6.07) is 10.8. The fourth-order valence-corrected chi connectivity index (χ4v) is 7.77. The number of aromatic nitrogens is 2. The molecule has 9 aromatic carbocycles. The predicted octanol–water partition coefficient (Wildman–Crippen LogP) is 14.8. The molecular formula is C54H34N2O. The molecule has 0 amide bonds. The molecule has 0 bridgehead atoms. The maximum Gasteiger partial charge on any atom is 0.137 e. The number of rotatable bonds is 5. The van der Waals surface area contributed by atoms with Crippen molar-refractivity contribution in [1.82, 2.24) is 9.13 Å². The topological polar surface area (TPSA) is 23.0 Å². The third kappa shape index (κ3) is 4.79. The fourth-order valence-electron chi connectivity index (χ4n) is 7.77. The van der Waals surface area contributed by atoms with E-state index in [1.807, 2.05) is 0 Å². The summed E-state index contributed by atoms with van der Waals surface area (Å²) in [5.41, 5.74) is -1.12. The Morgan fingerprint density at radius 1 is 0.351 bits per heavy atom. The van der Waals surface area contributed by atoms with E-state index < -0.39 is 107 Å². The van der Waals surface area contributed by atoms with Crippen LogP contribution in [0.25, 0.3) is 110 Å². The van der Waals surface area contributed by atoms with Gasteiger partial charge in [-0.15, -0.1) is 0 Å². The van der Waals surface area contributed by atoms with E-state index in [-0.39, 0.29) is 107 Å². The molecule has 3 aromatic heterocycles. The van der Waals surface area contributed by atoms with Gasteiger partial charge in [0, 0.05) is 32.5 Å². The third-order valence-electron chi connectivity index (χ3n) is 10.2. The Hall–Kier alpha value is -7.62. The maximum absolute atomic E-state index is 10.1. The average molecular weight is 747 g/mol. The molecule has 0 unspecified atom stereocenters. The minimum absolute atomic E-state index is 0.0473. The molecule has 3 heterocycles. The van der Waals surface area contributed by atoms with Crippen LogP contribution in [0, 0.1) is 0 Å². The number of hydrogen-bond donors (Lipinski definition) is 0. The Bertz CT molecular complexity index is 4690. The molecule has 0 N–H and O–H groups in total. The zero-order valence-electron chi connectivity index (χ0n) is 49.4. The molecule has 12 rings (SSSR count). The first kappa shape index (κ1) is 17.9. The molecule has 57 heavy (non-hydrogen) atoms. The Balaban J connectivity index is 1.26. The van der Waals surface area contributed by atoms with E-state index in [0.29, 0.717) is 16.7 Å². The van der Waals surface area contributed by atoms with Crippen molar-refractivity contribution in [2.75, 3.05) is 0 Å². The molecule has 3 heteroatoms. The molecule has 0 atom stereocenters. The van der Waals surface area contributed by atoms with Crippen LogP contribution in [0.1, 0.15) is 27.4 Å². The number of para-hydroxylation sites is 3. The zero-order chi connectivity index (χ0) is 54.9. The van der Waals surface area contributed by atoms with E-state index >= 15 is 0 Å². The normalized spacial score (nSPS) is 16.8. The van der Waals surface area contributed by atoms with Crippen molar-refractivity contribution in [2.45, 2.75) is 0 Å². The average Bonchev–Trinajstić information content (AvgIpc) is 4.28.